The van der Waals surface area contributed by atoms with E-state index >= 15 is 0 Å². The molecule has 2 aromatic rings. The quantitative estimate of drug-likeness (QED) is 0.810. The van der Waals surface area contributed by atoms with Crippen LogP contribution in [0.2, 0.25) is 0 Å². The zero-order valence-electron chi connectivity index (χ0n) is 12.3. The average Bonchev–Trinajstić information content (AvgIpc) is 2.55. The summed E-state index contributed by atoms with van der Waals surface area (Å²) in [6.45, 7) is 2.47. The zero-order chi connectivity index (χ0) is 15.1. The van der Waals surface area contributed by atoms with Crippen molar-refractivity contribution in [3.63, 3.8) is 0 Å². The SMILES string of the molecule is CC(C/C=C/c1ccccc1)C(=O)c1ccc(CN)cc1. The summed E-state index contributed by atoms with van der Waals surface area (Å²) in [4.78, 5) is 12.3. The second-order valence-electron chi connectivity index (χ2n) is 5.22. The van der Waals surface area contributed by atoms with Gasteiger partial charge in [-0.05, 0) is 17.5 Å². The Morgan fingerprint density at radius 1 is 1.10 bits per heavy atom. The van der Waals surface area contributed by atoms with Gasteiger partial charge in [-0.15, -0.1) is 0 Å². The Bertz CT molecular complexity index is 599. The van der Waals surface area contributed by atoms with Crippen LogP contribution in [0.5, 0.6) is 0 Å². The van der Waals surface area contributed by atoms with E-state index in [1.165, 1.54) is 0 Å². The standard InChI is InChI=1S/C19H21NO/c1-15(6-5-9-16-7-3-2-4-8-16)19(21)18-12-10-17(14-20)11-13-18/h2-5,7-13,15H,6,14,20H2,1H3/b9-5+. The zero-order valence-corrected chi connectivity index (χ0v) is 12.3. The summed E-state index contributed by atoms with van der Waals surface area (Å²) < 4.78 is 0. The second-order valence-corrected chi connectivity index (χ2v) is 5.22. The minimum absolute atomic E-state index is 0.0197. The summed E-state index contributed by atoms with van der Waals surface area (Å²) in [7, 11) is 0. The molecule has 2 rings (SSSR count). The van der Waals surface area contributed by atoms with Crippen LogP contribution in [-0.2, 0) is 6.54 Å². The van der Waals surface area contributed by atoms with Crippen LogP contribution in [0.15, 0.2) is 60.7 Å². The summed E-state index contributed by atoms with van der Waals surface area (Å²) in [6, 6.07) is 17.7. The second kappa shape index (κ2) is 7.55. The van der Waals surface area contributed by atoms with Gasteiger partial charge in [-0.1, -0.05) is 73.7 Å². The van der Waals surface area contributed by atoms with Crippen LogP contribution in [0, 0.1) is 5.92 Å². The number of Topliss-reactive ketones (excluding diaryl/α,β-unsaturated/α-hetero) is 1. The van der Waals surface area contributed by atoms with E-state index in [1.54, 1.807) is 0 Å². The lowest BCUT2D eigenvalue weighted by Gasteiger charge is -2.08. The van der Waals surface area contributed by atoms with Gasteiger partial charge in [-0.2, -0.15) is 0 Å². The third-order valence-corrected chi connectivity index (χ3v) is 3.52. The van der Waals surface area contributed by atoms with Crippen LogP contribution in [0.25, 0.3) is 6.08 Å². The minimum atomic E-state index is -0.0197. The first kappa shape index (κ1) is 15.2. The maximum atomic E-state index is 12.3. The van der Waals surface area contributed by atoms with Crippen LogP contribution >= 0.6 is 0 Å². The molecule has 21 heavy (non-hydrogen) atoms. The number of rotatable bonds is 6. The molecule has 0 radical (unpaired) electrons. The maximum Gasteiger partial charge on any atom is 0.165 e. The number of benzene rings is 2. The van der Waals surface area contributed by atoms with Crippen LogP contribution in [0.3, 0.4) is 0 Å². The highest BCUT2D eigenvalue weighted by Crippen LogP contribution is 2.14. The van der Waals surface area contributed by atoms with Gasteiger partial charge in [0.1, 0.15) is 0 Å². The smallest absolute Gasteiger partial charge is 0.165 e. The molecule has 0 bridgehead atoms. The molecule has 0 aliphatic heterocycles. The summed E-state index contributed by atoms with van der Waals surface area (Å²) in [5.41, 5.74) is 8.52. The van der Waals surface area contributed by atoms with Crippen molar-refractivity contribution < 1.29 is 4.79 Å². The van der Waals surface area contributed by atoms with Crippen LogP contribution in [0.1, 0.15) is 34.8 Å². The van der Waals surface area contributed by atoms with Crippen molar-refractivity contribution in [2.75, 3.05) is 0 Å². The number of carbonyl (C=O) groups is 1. The highest BCUT2D eigenvalue weighted by Gasteiger charge is 2.13. The monoisotopic (exact) mass is 279 g/mol. The summed E-state index contributed by atoms with van der Waals surface area (Å²) in [5.74, 6) is 0.157. The van der Waals surface area contributed by atoms with Crippen molar-refractivity contribution in [3.8, 4) is 0 Å². The molecule has 0 aliphatic rings. The maximum absolute atomic E-state index is 12.3. The fraction of sp³-hybridized carbons (Fsp3) is 0.211. The van der Waals surface area contributed by atoms with Crippen molar-refractivity contribution in [2.24, 2.45) is 11.7 Å². The number of allylic oxidation sites excluding steroid dienone is 1. The molecule has 2 nitrogen and oxygen atoms in total. The van der Waals surface area contributed by atoms with E-state index in [2.05, 4.69) is 24.3 Å². The molecule has 0 aromatic heterocycles. The third-order valence-electron chi connectivity index (χ3n) is 3.52. The van der Waals surface area contributed by atoms with E-state index in [9.17, 15) is 4.79 Å². The van der Waals surface area contributed by atoms with Gasteiger partial charge >= 0.3 is 0 Å². The summed E-state index contributed by atoms with van der Waals surface area (Å²) in [5, 5.41) is 0. The van der Waals surface area contributed by atoms with Gasteiger partial charge in [0.2, 0.25) is 0 Å². The molecule has 2 N–H and O–H groups in total. The van der Waals surface area contributed by atoms with E-state index in [0.29, 0.717) is 6.54 Å². The van der Waals surface area contributed by atoms with Gasteiger partial charge in [0.05, 0.1) is 0 Å². The van der Waals surface area contributed by atoms with Crippen LogP contribution in [-0.4, -0.2) is 5.78 Å². The van der Waals surface area contributed by atoms with Crippen molar-refractivity contribution >= 4 is 11.9 Å². The molecule has 108 valence electrons. The first-order valence-electron chi connectivity index (χ1n) is 7.25. The Hall–Kier alpha value is -2.19. The van der Waals surface area contributed by atoms with Gasteiger partial charge in [-0.3, -0.25) is 4.79 Å². The highest BCUT2D eigenvalue weighted by atomic mass is 16.1. The number of ketones is 1. The Morgan fingerprint density at radius 2 is 1.76 bits per heavy atom. The Labute approximate surface area is 126 Å². The van der Waals surface area contributed by atoms with Crippen molar-refractivity contribution in [2.45, 2.75) is 19.9 Å². The van der Waals surface area contributed by atoms with Crippen molar-refractivity contribution in [1.29, 1.82) is 0 Å². The molecule has 1 atom stereocenters. The van der Waals surface area contributed by atoms with E-state index in [0.717, 1.165) is 23.1 Å². The molecule has 1 unspecified atom stereocenters. The van der Waals surface area contributed by atoms with Gasteiger partial charge in [0.15, 0.2) is 5.78 Å². The number of hydrogen-bond donors (Lipinski definition) is 1. The molecule has 2 aromatic carbocycles. The molecule has 0 amide bonds. The molecule has 0 fully saturated rings. The van der Waals surface area contributed by atoms with Crippen molar-refractivity contribution in [3.05, 3.63) is 77.4 Å². The van der Waals surface area contributed by atoms with E-state index in [-0.39, 0.29) is 11.7 Å². The largest absolute Gasteiger partial charge is 0.326 e. The van der Waals surface area contributed by atoms with Crippen LogP contribution < -0.4 is 5.73 Å². The summed E-state index contributed by atoms with van der Waals surface area (Å²) in [6.07, 6.45) is 4.86. The Balaban J connectivity index is 1.94. The fourth-order valence-corrected chi connectivity index (χ4v) is 2.17. The summed E-state index contributed by atoms with van der Waals surface area (Å²) >= 11 is 0. The number of carbonyl (C=O) groups excluding carboxylic acids is 1. The topological polar surface area (TPSA) is 43.1 Å². The van der Waals surface area contributed by atoms with Gasteiger partial charge in [0.25, 0.3) is 0 Å². The molecular weight excluding hydrogens is 258 g/mol. The Kier molecular flexibility index (Phi) is 5.47. The number of hydrogen-bond acceptors (Lipinski definition) is 2. The van der Waals surface area contributed by atoms with Crippen molar-refractivity contribution in [1.82, 2.24) is 0 Å². The lowest BCUT2D eigenvalue weighted by atomic mass is 9.95. The van der Waals surface area contributed by atoms with E-state index < -0.39 is 0 Å². The predicted octanol–water partition coefficient (Wildman–Crippen LogP) is 4.07. The predicted molar refractivity (Wildman–Crippen MR) is 87.9 cm³/mol. The average molecular weight is 279 g/mol. The first-order chi connectivity index (χ1) is 10.2. The molecule has 0 spiro atoms. The van der Waals surface area contributed by atoms with Crippen LogP contribution in [0.4, 0.5) is 0 Å². The third kappa shape index (κ3) is 4.40. The molecule has 0 saturated heterocycles. The minimum Gasteiger partial charge on any atom is -0.326 e. The Morgan fingerprint density at radius 3 is 2.38 bits per heavy atom. The molecule has 0 aliphatic carbocycles. The van der Waals surface area contributed by atoms with Gasteiger partial charge in [0, 0.05) is 18.0 Å². The molecule has 0 saturated carbocycles. The highest BCUT2D eigenvalue weighted by molar-refractivity contribution is 5.97. The molecule has 0 heterocycles. The van der Waals surface area contributed by atoms with E-state index in [1.807, 2.05) is 49.4 Å². The molecular formula is C19H21NO. The fourth-order valence-electron chi connectivity index (χ4n) is 2.17. The lowest BCUT2D eigenvalue weighted by Crippen LogP contribution is -2.10. The van der Waals surface area contributed by atoms with Gasteiger partial charge < -0.3 is 5.73 Å². The number of nitrogens with two attached hydrogens (primary N) is 1. The molecule has 2 heteroatoms. The lowest BCUT2D eigenvalue weighted by molar-refractivity contribution is 0.0931. The normalized spacial score (nSPS) is 12.5. The van der Waals surface area contributed by atoms with E-state index in [4.69, 9.17) is 5.73 Å². The van der Waals surface area contributed by atoms with Gasteiger partial charge in [-0.25, -0.2) is 0 Å². The first-order valence-corrected chi connectivity index (χ1v) is 7.25.